The van der Waals surface area contributed by atoms with Crippen LogP contribution in [0.25, 0.3) is 0 Å². The molecule has 0 aromatic carbocycles. The molecule has 1 aliphatic heterocycles. The fraction of sp³-hybridized carbons (Fsp3) is 0.792. The van der Waals surface area contributed by atoms with Crippen LogP contribution >= 0.6 is 0 Å². The standard InChI is InChI=1S/C24H43N3O4/c1-18(2)21(29)24(6)13-10-8-9-11-16-31-22(30)27(7)15-12-14-23(5,26-19(3)4)20(28)17-25-24/h9,11,18-19,25-26H,8,10,12-17H2,1-7H3/b11-9-/t23-,24+/m1/s1. The number of ether oxygens (including phenoxy) is 1. The summed E-state index contributed by atoms with van der Waals surface area (Å²) >= 11 is 0. The first-order valence-electron chi connectivity index (χ1n) is 11.5. The minimum Gasteiger partial charge on any atom is -0.445 e. The third kappa shape index (κ3) is 8.73. The molecule has 0 bridgehead atoms. The van der Waals surface area contributed by atoms with Gasteiger partial charge in [-0.25, -0.2) is 4.79 Å². The Morgan fingerprint density at radius 2 is 1.81 bits per heavy atom. The fourth-order valence-corrected chi connectivity index (χ4v) is 4.09. The number of amides is 1. The van der Waals surface area contributed by atoms with Crippen LogP contribution in [0.15, 0.2) is 12.2 Å². The highest BCUT2D eigenvalue weighted by atomic mass is 16.6. The van der Waals surface area contributed by atoms with Gasteiger partial charge in [0.15, 0.2) is 11.6 Å². The second kappa shape index (κ2) is 12.3. The summed E-state index contributed by atoms with van der Waals surface area (Å²) in [6.45, 7) is 12.5. The van der Waals surface area contributed by atoms with Crippen molar-refractivity contribution in [3.63, 3.8) is 0 Å². The van der Waals surface area contributed by atoms with Crippen LogP contribution in [0, 0.1) is 5.92 Å². The summed E-state index contributed by atoms with van der Waals surface area (Å²) in [5.74, 6) is 0.0297. The van der Waals surface area contributed by atoms with Crippen LogP contribution in [0.5, 0.6) is 0 Å². The van der Waals surface area contributed by atoms with Gasteiger partial charge in [-0.15, -0.1) is 0 Å². The van der Waals surface area contributed by atoms with Crippen molar-refractivity contribution in [3.05, 3.63) is 12.2 Å². The zero-order valence-electron chi connectivity index (χ0n) is 20.5. The highest BCUT2D eigenvalue weighted by Crippen LogP contribution is 2.22. The highest BCUT2D eigenvalue weighted by molar-refractivity contribution is 5.93. The van der Waals surface area contributed by atoms with Crippen molar-refractivity contribution in [2.75, 3.05) is 26.7 Å². The number of carbonyl (C=O) groups excluding carboxylic acids is 3. The maximum absolute atomic E-state index is 13.3. The van der Waals surface area contributed by atoms with Gasteiger partial charge in [-0.3, -0.25) is 14.9 Å². The maximum atomic E-state index is 13.3. The van der Waals surface area contributed by atoms with E-state index in [-0.39, 0.29) is 42.8 Å². The molecule has 0 aliphatic carbocycles. The molecule has 0 saturated carbocycles. The summed E-state index contributed by atoms with van der Waals surface area (Å²) in [6.07, 6.45) is 6.89. The lowest BCUT2D eigenvalue weighted by molar-refractivity contribution is -0.129. The van der Waals surface area contributed by atoms with Crippen LogP contribution in [0.1, 0.15) is 73.6 Å². The van der Waals surface area contributed by atoms with Crippen LogP contribution < -0.4 is 10.6 Å². The lowest BCUT2D eigenvalue weighted by atomic mass is 9.83. The number of carbonyl (C=O) groups is 3. The highest BCUT2D eigenvalue weighted by Gasteiger charge is 2.38. The molecule has 1 amide bonds. The predicted octanol–water partition coefficient (Wildman–Crippen LogP) is 3.47. The first kappa shape index (κ1) is 27.3. The van der Waals surface area contributed by atoms with Gasteiger partial charge < -0.3 is 15.0 Å². The van der Waals surface area contributed by atoms with Crippen molar-refractivity contribution in [2.45, 2.75) is 90.8 Å². The molecule has 0 aromatic rings. The van der Waals surface area contributed by atoms with Crippen LogP contribution in [-0.2, 0) is 14.3 Å². The minimum atomic E-state index is -0.753. The van der Waals surface area contributed by atoms with E-state index in [1.54, 1.807) is 11.9 Å². The van der Waals surface area contributed by atoms with Crippen molar-refractivity contribution in [1.82, 2.24) is 15.5 Å². The van der Waals surface area contributed by atoms with E-state index in [4.69, 9.17) is 4.74 Å². The van der Waals surface area contributed by atoms with E-state index in [1.165, 1.54) is 0 Å². The molecule has 2 atom stereocenters. The molecule has 178 valence electrons. The molecule has 0 radical (unpaired) electrons. The van der Waals surface area contributed by atoms with Crippen molar-refractivity contribution >= 4 is 17.7 Å². The van der Waals surface area contributed by atoms with Crippen molar-refractivity contribution in [1.29, 1.82) is 0 Å². The third-order valence-electron chi connectivity index (χ3n) is 5.93. The van der Waals surface area contributed by atoms with E-state index in [9.17, 15) is 14.4 Å². The average molecular weight is 438 g/mol. The number of hydrogen-bond donors (Lipinski definition) is 2. The molecule has 1 heterocycles. The topological polar surface area (TPSA) is 87.7 Å². The Hall–Kier alpha value is -1.73. The Kier molecular flexibility index (Phi) is 10.9. The molecule has 1 rings (SSSR count). The molecular formula is C24H43N3O4. The number of hydrogen-bond acceptors (Lipinski definition) is 6. The smallest absolute Gasteiger partial charge is 0.409 e. The van der Waals surface area contributed by atoms with E-state index in [2.05, 4.69) is 10.6 Å². The number of rotatable bonds is 4. The Morgan fingerprint density at radius 3 is 2.42 bits per heavy atom. The maximum Gasteiger partial charge on any atom is 0.409 e. The molecule has 0 unspecified atom stereocenters. The van der Waals surface area contributed by atoms with Gasteiger partial charge in [0.2, 0.25) is 0 Å². The lowest BCUT2D eigenvalue weighted by Gasteiger charge is -2.35. The number of nitrogens with one attached hydrogen (secondary N) is 2. The Morgan fingerprint density at radius 1 is 1.13 bits per heavy atom. The first-order valence-corrected chi connectivity index (χ1v) is 11.5. The second-order valence-electron chi connectivity index (χ2n) is 9.72. The summed E-state index contributed by atoms with van der Waals surface area (Å²) < 4.78 is 5.28. The average Bonchev–Trinajstić information content (AvgIpc) is 2.69. The molecule has 7 heteroatoms. The van der Waals surface area contributed by atoms with Crippen LogP contribution in [0.2, 0.25) is 0 Å². The van der Waals surface area contributed by atoms with Crippen LogP contribution in [0.4, 0.5) is 4.79 Å². The van der Waals surface area contributed by atoms with Gasteiger partial charge >= 0.3 is 6.09 Å². The number of ketones is 2. The second-order valence-corrected chi connectivity index (χ2v) is 9.72. The molecule has 2 N–H and O–H groups in total. The van der Waals surface area contributed by atoms with E-state index in [0.717, 1.165) is 12.8 Å². The number of cyclic esters (lactones) is 1. The Labute approximate surface area is 188 Å². The van der Waals surface area contributed by atoms with Crippen molar-refractivity contribution in [3.8, 4) is 0 Å². The fourth-order valence-electron chi connectivity index (χ4n) is 4.09. The summed E-state index contributed by atoms with van der Waals surface area (Å²) in [7, 11) is 1.71. The Bertz CT molecular complexity index is 647. The first-order chi connectivity index (χ1) is 14.4. The van der Waals surface area contributed by atoms with Gasteiger partial charge in [0.05, 0.1) is 17.6 Å². The van der Waals surface area contributed by atoms with E-state index >= 15 is 0 Å². The molecule has 0 saturated heterocycles. The molecule has 0 aromatic heterocycles. The SMILES string of the molecule is CC(C)N[C@]1(C)CCCN(C)C(=O)OC/C=C\CCC[C@@](C)(C(=O)C(C)C)NCC1=O. The molecule has 1 aliphatic rings. The third-order valence-corrected chi connectivity index (χ3v) is 5.93. The quantitative estimate of drug-likeness (QED) is 0.655. The summed E-state index contributed by atoms with van der Waals surface area (Å²) in [4.78, 5) is 39.9. The van der Waals surface area contributed by atoms with Gasteiger partial charge in [0.1, 0.15) is 6.61 Å². The van der Waals surface area contributed by atoms with Crippen molar-refractivity contribution in [2.24, 2.45) is 5.92 Å². The zero-order valence-corrected chi connectivity index (χ0v) is 20.5. The molecule has 7 nitrogen and oxygen atoms in total. The number of nitrogens with zero attached hydrogens (tertiary/aromatic N) is 1. The monoisotopic (exact) mass is 437 g/mol. The van der Waals surface area contributed by atoms with Gasteiger partial charge in [-0.05, 0) is 59.8 Å². The van der Waals surface area contributed by atoms with Crippen molar-refractivity contribution < 1.29 is 19.1 Å². The number of Topliss-reactive ketones (excluding diaryl/α,β-unsaturated/α-hetero) is 2. The minimum absolute atomic E-state index is 0.0263. The van der Waals surface area contributed by atoms with Gasteiger partial charge in [-0.1, -0.05) is 26.0 Å². The van der Waals surface area contributed by atoms with Crippen LogP contribution in [-0.4, -0.2) is 66.4 Å². The number of allylic oxidation sites excluding steroid dienone is 1. The molecular weight excluding hydrogens is 394 g/mol. The summed E-state index contributed by atoms with van der Waals surface area (Å²) in [6, 6.07) is 0.125. The van der Waals surface area contributed by atoms with Gasteiger partial charge in [0, 0.05) is 25.6 Å². The van der Waals surface area contributed by atoms with E-state index < -0.39 is 11.1 Å². The zero-order chi connectivity index (χ0) is 23.7. The summed E-state index contributed by atoms with van der Waals surface area (Å²) in [5, 5.41) is 6.72. The molecule has 0 spiro atoms. The molecule has 0 fully saturated rings. The largest absolute Gasteiger partial charge is 0.445 e. The van der Waals surface area contributed by atoms with Gasteiger partial charge in [-0.2, -0.15) is 0 Å². The van der Waals surface area contributed by atoms with E-state index in [0.29, 0.717) is 25.8 Å². The Balaban J connectivity index is 3.09. The van der Waals surface area contributed by atoms with E-state index in [1.807, 2.05) is 53.7 Å². The molecule has 31 heavy (non-hydrogen) atoms. The van der Waals surface area contributed by atoms with Crippen LogP contribution in [0.3, 0.4) is 0 Å². The normalized spacial score (nSPS) is 29.0. The van der Waals surface area contributed by atoms with Gasteiger partial charge in [0.25, 0.3) is 0 Å². The lowest BCUT2D eigenvalue weighted by Crippen LogP contribution is -2.59. The predicted molar refractivity (Wildman–Crippen MR) is 124 cm³/mol. The summed E-state index contributed by atoms with van der Waals surface area (Å²) in [5.41, 5.74) is -1.50.